The lowest BCUT2D eigenvalue weighted by atomic mass is 9.86. The van der Waals surface area contributed by atoms with E-state index in [0.717, 1.165) is 13.0 Å². The fourth-order valence-electron chi connectivity index (χ4n) is 1.98. The van der Waals surface area contributed by atoms with E-state index in [9.17, 15) is 0 Å². The standard InChI is InChI=1S/C14H19NS/c1-14(2,3)12-9-16-13-5-4-10(6-7-15)8-11(12)13/h4-5,8-9H,6-7,15H2,1-3H3. The molecular formula is C14H19NS. The van der Waals surface area contributed by atoms with Gasteiger partial charge in [0, 0.05) is 4.70 Å². The van der Waals surface area contributed by atoms with Gasteiger partial charge in [-0.05, 0) is 52.4 Å². The summed E-state index contributed by atoms with van der Waals surface area (Å²) >= 11 is 1.84. The Morgan fingerprint density at radius 3 is 2.62 bits per heavy atom. The highest BCUT2D eigenvalue weighted by molar-refractivity contribution is 7.17. The van der Waals surface area contributed by atoms with E-state index in [-0.39, 0.29) is 5.41 Å². The van der Waals surface area contributed by atoms with Crippen LogP contribution in [0.1, 0.15) is 31.9 Å². The molecule has 0 aliphatic heterocycles. The third-order valence-electron chi connectivity index (χ3n) is 2.88. The largest absolute Gasteiger partial charge is 0.330 e. The van der Waals surface area contributed by atoms with Crippen molar-refractivity contribution in [1.82, 2.24) is 0 Å². The van der Waals surface area contributed by atoms with Crippen LogP contribution in [0, 0.1) is 0 Å². The first kappa shape index (κ1) is 11.6. The lowest BCUT2D eigenvalue weighted by Gasteiger charge is -2.17. The first-order valence-electron chi connectivity index (χ1n) is 5.73. The van der Waals surface area contributed by atoms with Crippen molar-refractivity contribution in [2.75, 3.05) is 6.54 Å². The molecule has 0 unspecified atom stereocenters. The van der Waals surface area contributed by atoms with E-state index >= 15 is 0 Å². The highest BCUT2D eigenvalue weighted by Crippen LogP contribution is 2.35. The van der Waals surface area contributed by atoms with Crippen molar-refractivity contribution >= 4 is 21.4 Å². The van der Waals surface area contributed by atoms with E-state index in [1.807, 2.05) is 11.3 Å². The lowest BCUT2D eigenvalue weighted by molar-refractivity contribution is 0.598. The molecule has 0 saturated carbocycles. The van der Waals surface area contributed by atoms with E-state index in [2.05, 4.69) is 44.4 Å². The molecule has 0 spiro atoms. The number of hydrogen-bond acceptors (Lipinski definition) is 2. The van der Waals surface area contributed by atoms with Crippen molar-refractivity contribution in [3.05, 3.63) is 34.7 Å². The van der Waals surface area contributed by atoms with Gasteiger partial charge in [-0.2, -0.15) is 0 Å². The fourth-order valence-corrected chi connectivity index (χ4v) is 3.15. The Morgan fingerprint density at radius 2 is 2.00 bits per heavy atom. The zero-order valence-electron chi connectivity index (χ0n) is 10.2. The first-order chi connectivity index (χ1) is 7.52. The average Bonchev–Trinajstić information content (AvgIpc) is 2.60. The minimum absolute atomic E-state index is 0.222. The second-order valence-electron chi connectivity index (χ2n) is 5.27. The molecule has 0 aliphatic rings. The topological polar surface area (TPSA) is 26.0 Å². The van der Waals surface area contributed by atoms with Crippen LogP contribution in [-0.4, -0.2) is 6.54 Å². The zero-order valence-corrected chi connectivity index (χ0v) is 11.0. The summed E-state index contributed by atoms with van der Waals surface area (Å²) in [6, 6.07) is 6.72. The highest BCUT2D eigenvalue weighted by Gasteiger charge is 2.18. The molecule has 0 saturated heterocycles. The van der Waals surface area contributed by atoms with Gasteiger partial charge < -0.3 is 5.73 Å². The van der Waals surface area contributed by atoms with Gasteiger partial charge in [0.05, 0.1) is 0 Å². The second-order valence-corrected chi connectivity index (χ2v) is 6.18. The van der Waals surface area contributed by atoms with Crippen LogP contribution in [0.2, 0.25) is 0 Å². The van der Waals surface area contributed by atoms with Gasteiger partial charge in [0.2, 0.25) is 0 Å². The van der Waals surface area contributed by atoms with Crippen molar-refractivity contribution in [3.8, 4) is 0 Å². The van der Waals surface area contributed by atoms with Gasteiger partial charge in [0.15, 0.2) is 0 Å². The van der Waals surface area contributed by atoms with Gasteiger partial charge in [0.1, 0.15) is 0 Å². The molecule has 2 rings (SSSR count). The summed E-state index contributed by atoms with van der Waals surface area (Å²) in [6.45, 7) is 7.53. The maximum absolute atomic E-state index is 5.61. The van der Waals surface area contributed by atoms with Gasteiger partial charge >= 0.3 is 0 Å². The summed E-state index contributed by atoms with van der Waals surface area (Å²) in [5, 5.41) is 3.69. The van der Waals surface area contributed by atoms with E-state index < -0.39 is 0 Å². The maximum atomic E-state index is 5.61. The number of thiophene rings is 1. The normalized spacial score (nSPS) is 12.2. The summed E-state index contributed by atoms with van der Waals surface area (Å²) in [4.78, 5) is 0. The molecule has 0 fully saturated rings. The summed E-state index contributed by atoms with van der Waals surface area (Å²) in [5.41, 5.74) is 8.62. The molecule has 0 bridgehead atoms. The molecule has 0 atom stereocenters. The first-order valence-corrected chi connectivity index (χ1v) is 6.61. The Bertz CT molecular complexity index is 491. The van der Waals surface area contributed by atoms with E-state index in [1.54, 1.807) is 0 Å². The average molecular weight is 233 g/mol. The third-order valence-corrected chi connectivity index (χ3v) is 3.84. The van der Waals surface area contributed by atoms with Crippen LogP contribution >= 0.6 is 11.3 Å². The van der Waals surface area contributed by atoms with Crippen molar-refractivity contribution in [2.24, 2.45) is 5.73 Å². The summed E-state index contributed by atoms with van der Waals surface area (Å²) in [6.07, 6.45) is 0.968. The smallest absolute Gasteiger partial charge is 0.0345 e. The molecule has 0 radical (unpaired) electrons. The molecule has 1 aromatic carbocycles. The molecule has 2 heteroatoms. The Hall–Kier alpha value is -0.860. The summed E-state index contributed by atoms with van der Waals surface area (Å²) in [7, 11) is 0. The highest BCUT2D eigenvalue weighted by atomic mass is 32.1. The van der Waals surface area contributed by atoms with Crippen LogP contribution < -0.4 is 5.73 Å². The van der Waals surface area contributed by atoms with Crippen molar-refractivity contribution in [1.29, 1.82) is 0 Å². The molecule has 1 heterocycles. The SMILES string of the molecule is CC(C)(C)c1csc2ccc(CCN)cc12. The van der Waals surface area contributed by atoms with Gasteiger partial charge in [-0.3, -0.25) is 0 Å². The number of hydrogen-bond donors (Lipinski definition) is 1. The molecule has 16 heavy (non-hydrogen) atoms. The van der Waals surface area contributed by atoms with Gasteiger partial charge in [-0.1, -0.05) is 26.8 Å². The van der Waals surface area contributed by atoms with Crippen molar-refractivity contribution in [3.63, 3.8) is 0 Å². The van der Waals surface area contributed by atoms with Gasteiger partial charge in [-0.15, -0.1) is 11.3 Å². The zero-order chi connectivity index (χ0) is 11.8. The number of nitrogens with two attached hydrogens (primary N) is 1. The van der Waals surface area contributed by atoms with Crippen molar-refractivity contribution < 1.29 is 0 Å². The summed E-state index contributed by atoms with van der Waals surface area (Å²) in [5.74, 6) is 0. The van der Waals surface area contributed by atoms with Crippen LogP contribution in [0.15, 0.2) is 23.6 Å². The minimum Gasteiger partial charge on any atom is -0.330 e. The van der Waals surface area contributed by atoms with E-state index in [0.29, 0.717) is 0 Å². The molecular weight excluding hydrogens is 214 g/mol. The number of fused-ring (bicyclic) bond motifs is 1. The van der Waals surface area contributed by atoms with Crippen molar-refractivity contribution in [2.45, 2.75) is 32.6 Å². The number of benzene rings is 1. The second kappa shape index (κ2) is 4.19. The van der Waals surface area contributed by atoms with Gasteiger partial charge in [-0.25, -0.2) is 0 Å². The fraction of sp³-hybridized carbons (Fsp3) is 0.429. The Labute approximate surface area is 101 Å². The minimum atomic E-state index is 0.222. The Morgan fingerprint density at radius 1 is 1.25 bits per heavy atom. The lowest BCUT2D eigenvalue weighted by Crippen LogP contribution is -2.10. The Balaban J connectivity index is 2.56. The van der Waals surface area contributed by atoms with Crippen LogP contribution in [-0.2, 0) is 11.8 Å². The number of rotatable bonds is 2. The molecule has 0 aliphatic carbocycles. The predicted octanol–water partition coefficient (Wildman–Crippen LogP) is 3.70. The molecule has 1 nitrogen and oxygen atoms in total. The van der Waals surface area contributed by atoms with E-state index in [4.69, 9.17) is 5.73 Å². The maximum Gasteiger partial charge on any atom is 0.0345 e. The Kier molecular flexibility index (Phi) is 3.04. The monoisotopic (exact) mass is 233 g/mol. The van der Waals surface area contributed by atoms with E-state index in [1.165, 1.54) is 21.2 Å². The van der Waals surface area contributed by atoms with Crippen LogP contribution in [0.3, 0.4) is 0 Å². The molecule has 2 N–H and O–H groups in total. The molecule has 86 valence electrons. The van der Waals surface area contributed by atoms with Crippen LogP contribution in [0.4, 0.5) is 0 Å². The molecule has 1 aromatic heterocycles. The van der Waals surface area contributed by atoms with Crippen LogP contribution in [0.5, 0.6) is 0 Å². The quantitative estimate of drug-likeness (QED) is 0.841. The van der Waals surface area contributed by atoms with Gasteiger partial charge in [0.25, 0.3) is 0 Å². The molecule has 2 aromatic rings. The predicted molar refractivity (Wildman–Crippen MR) is 73.3 cm³/mol. The van der Waals surface area contributed by atoms with Crippen LogP contribution in [0.25, 0.3) is 10.1 Å². The third kappa shape index (κ3) is 2.13. The molecule has 0 amide bonds. The summed E-state index contributed by atoms with van der Waals surface area (Å²) < 4.78 is 1.38.